The van der Waals surface area contributed by atoms with Gasteiger partial charge in [-0.25, -0.2) is 0 Å². The van der Waals surface area contributed by atoms with Crippen molar-refractivity contribution in [1.82, 2.24) is 15.1 Å². The maximum absolute atomic E-state index is 6.41. The zero-order chi connectivity index (χ0) is 15.0. The number of hydrogen-bond donors (Lipinski definition) is 1. The van der Waals surface area contributed by atoms with E-state index in [1.807, 2.05) is 7.05 Å². The van der Waals surface area contributed by atoms with Gasteiger partial charge in [0.1, 0.15) is 5.15 Å². The molecule has 1 N–H and O–H groups in total. The third-order valence-corrected chi connectivity index (χ3v) is 6.16. The number of hydrogen-bond acceptors (Lipinski definition) is 2. The molecule has 2 saturated carbocycles. The van der Waals surface area contributed by atoms with Gasteiger partial charge in [0.15, 0.2) is 0 Å². The molecule has 4 unspecified atom stereocenters. The highest BCUT2D eigenvalue weighted by Gasteiger charge is 2.40. The number of rotatable bonds is 6. The highest BCUT2D eigenvalue weighted by Crippen LogP contribution is 2.50. The molecule has 0 radical (unpaired) electrons. The summed E-state index contributed by atoms with van der Waals surface area (Å²) in [5.41, 5.74) is 2.31. The first-order valence-electron chi connectivity index (χ1n) is 8.49. The Kier molecular flexibility index (Phi) is 4.60. The normalized spacial score (nSPS) is 29.2. The first-order valence-corrected chi connectivity index (χ1v) is 8.87. The number of nitrogens with zero attached hydrogens (tertiary/aromatic N) is 2. The summed E-state index contributed by atoms with van der Waals surface area (Å²) < 4.78 is 1.80. The second-order valence-electron chi connectivity index (χ2n) is 7.11. The van der Waals surface area contributed by atoms with Crippen molar-refractivity contribution in [2.24, 2.45) is 24.8 Å². The Bertz CT molecular complexity index is 496. The largest absolute Gasteiger partial charge is 0.314 e. The Balaban J connectivity index is 1.67. The van der Waals surface area contributed by atoms with Crippen molar-refractivity contribution in [3.63, 3.8) is 0 Å². The second-order valence-corrected chi connectivity index (χ2v) is 7.47. The van der Waals surface area contributed by atoms with E-state index >= 15 is 0 Å². The van der Waals surface area contributed by atoms with Crippen LogP contribution in [0.5, 0.6) is 0 Å². The molecular weight excluding hydrogens is 282 g/mol. The molecule has 3 nitrogen and oxygen atoms in total. The van der Waals surface area contributed by atoms with Gasteiger partial charge in [0.05, 0.1) is 5.69 Å². The summed E-state index contributed by atoms with van der Waals surface area (Å²) >= 11 is 6.41. The molecule has 0 aromatic carbocycles. The topological polar surface area (TPSA) is 29.9 Å². The molecule has 0 spiro atoms. The molecule has 2 aliphatic carbocycles. The van der Waals surface area contributed by atoms with Gasteiger partial charge in [-0.3, -0.25) is 4.68 Å². The molecule has 0 amide bonds. The molecule has 4 heteroatoms. The molecule has 0 aliphatic heterocycles. The van der Waals surface area contributed by atoms with Crippen LogP contribution in [0.25, 0.3) is 0 Å². The van der Waals surface area contributed by atoms with Crippen molar-refractivity contribution < 1.29 is 0 Å². The van der Waals surface area contributed by atoms with E-state index < -0.39 is 0 Å². The number of halogens is 1. The van der Waals surface area contributed by atoms with Crippen LogP contribution in [0.1, 0.15) is 50.3 Å². The van der Waals surface area contributed by atoms with E-state index in [0.29, 0.717) is 6.04 Å². The maximum Gasteiger partial charge on any atom is 0.130 e. The molecule has 1 heterocycles. The van der Waals surface area contributed by atoms with Crippen LogP contribution in [0.3, 0.4) is 0 Å². The molecule has 0 saturated heterocycles. The number of aromatic nitrogens is 2. The minimum absolute atomic E-state index is 0.541. The molecule has 1 aromatic rings. The first kappa shape index (κ1) is 15.4. The van der Waals surface area contributed by atoms with Crippen LogP contribution in [-0.4, -0.2) is 22.4 Å². The molecule has 4 atom stereocenters. The number of likely N-dealkylation sites (N-methyl/N-ethyl adjacent to an activating group) is 1. The van der Waals surface area contributed by atoms with E-state index in [0.717, 1.165) is 41.6 Å². The van der Waals surface area contributed by atoms with E-state index in [9.17, 15) is 0 Å². The van der Waals surface area contributed by atoms with E-state index in [1.54, 1.807) is 4.68 Å². The van der Waals surface area contributed by atoms with Crippen LogP contribution < -0.4 is 5.32 Å². The highest BCUT2D eigenvalue weighted by molar-refractivity contribution is 6.30. The van der Waals surface area contributed by atoms with Crippen molar-refractivity contribution in [3.8, 4) is 0 Å². The third kappa shape index (κ3) is 3.14. The average Bonchev–Trinajstić information content (AvgIpc) is 3.11. The molecular formula is C17H28ClN3. The lowest BCUT2D eigenvalue weighted by atomic mass is 9.83. The molecule has 2 bridgehead atoms. The predicted molar refractivity (Wildman–Crippen MR) is 87.7 cm³/mol. The summed E-state index contributed by atoms with van der Waals surface area (Å²) in [6.07, 6.45) is 8.24. The standard InChI is InChI=1S/C17H28ClN3/c1-4-19-15(9-14-8-12-5-6-13(14)7-12)10-16-11(2)20-21(3)17(16)18/h12-15,19H,4-10H2,1-3H3. The van der Waals surface area contributed by atoms with E-state index in [1.165, 1.54) is 37.7 Å². The molecule has 118 valence electrons. The van der Waals surface area contributed by atoms with Crippen LogP contribution >= 0.6 is 11.6 Å². The van der Waals surface area contributed by atoms with Gasteiger partial charge < -0.3 is 5.32 Å². The van der Waals surface area contributed by atoms with Gasteiger partial charge in [0.25, 0.3) is 0 Å². The Labute approximate surface area is 133 Å². The quantitative estimate of drug-likeness (QED) is 0.868. The van der Waals surface area contributed by atoms with Gasteiger partial charge in [-0.1, -0.05) is 24.9 Å². The zero-order valence-corrected chi connectivity index (χ0v) is 14.3. The van der Waals surface area contributed by atoms with Crippen molar-refractivity contribution in [3.05, 3.63) is 16.4 Å². The zero-order valence-electron chi connectivity index (χ0n) is 13.5. The van der Waals surface area contributed by atoms with E-state index in [2.05, 4.69) is 24.3 Å². The van der Waals surface area contributed by atoms with Crippen LogP contribution in [0.15, 0.2) is 0 Å². The minimum atomic E-state index is 0.541. The van der Waals surface area contributed by atoms with Crippen LogP contribution in [0.4, 0.5) is 0 Å². The molecule has 3 rings (SSSR count). The van der Waals surface area contributed by atoms with Crippen LogP contribution in [0.2, 0.25) is 5.15 Å². The lowest BCUT2D eigenvalue weighted by Crippen LogP contribution is -2.34. The summed E-state index contributed by atoms with van der Waals surface area (Å²) in [5, 5.41) is 8.94. The Hall–Kier alpha value is -0.540. The second kappa shape index (κ2) is 6.29. The Morgan fingerprint density at radius 2 is 2.19 bits per heavy atom. The summed E-state index contributed by atoms with van der Waals surface area (Å²) in [6.45, 7) is 5.30. The van der Waals surface area contributed by atoms with Gasteiger partial charge in [-0.05, 0) is 63.3 Å². The first-order chi connectivity index (χ1) is 10.1. The Morgan fingerprint density at radius 3 is 2.71 bits per heavy atom. The van der Waals surface area contributed by atoms with Gasteiger partial charge in [-0.2, -0.15) is 5.10 Å². The van der Waals surface area contributed by atoms with Crippen molar-refractivity contribution in [2.45, 2.75) is 58.4 Å². The van der Waals surface area contributed by atoms with Crippen LogP contribution in [0, 0.1) is 24.7 Å². The molecule has 21 heavy (non-hydrogen) atoms. The summed E-state index contributed by atoms with van der Waals surface area (Å²) in [7, 11) is 1.93. The fourth-order valence-electron chi connectivity index (χ4n) is 4.71. The van der Waals surface area contributed by atoms with E-state index in [4.69, 9.17) is 11.6 Å². The van der Waals surface area contributed by atoms with Gasteiger partial charge in [0.2, 0.25) is 0 Å². The van der Waals surface area contributed by atoms with Gasteiger partial charge >= 0.3 is 0 Å². The lowest BCUT2D eigenvalue weighted by molar-refractivity contribution is 0.278. The van der Waals surface area contributed by atoms with Gasteiger partial charge in [0, 0.05) is 18.7 Å². The fraction of sp³-hybridized carbons (Fsp3) is 0.824. The average molecular weight is 310 g/mol. The summed E-state index contributed by atoms with van der Waals surface area (Å²) in [4.78, 5) is 0. The van der Waals surface area contributed by atoms with E-state index in [-0.39, 0.29) is 0 Å². The van der Waals surface area contributed by atoms with Crippen LogP contribution in [-0.2, 0) is 13.5 Å². The number of fused-ring (bicyclic) bond motifs is 2. The monoisotopic (exact) mass is 309 g/mol. The smallest absolute Gasteiger partial charge is 0.130 e. The van der Waals surface area contributed by atoms with Crippen molar-refractivity contribution >= 4 is 11.6 Å². The molecule has 2 aliphatic rings. The fourth-order valence-corrected chi connectivity index (χ4v) is 4.96. The number of aryl methyl sites for hydroxylation is 2. The summed E-state index contributed by atoms with van der Waals surface area (Å²) in [5.74, 6) is 2.97. The maximum atomic E-state index is 6.41. The van der Waals surface area contributed by atoms with Crippen molar-refractivity contribution in [2.75, 3.05) is 6.54 Å². The predicted octanol–water partition coefficient (Wildman–Crippen LogP) is 3.73. The third-order valence-electron chi connectivity index (χ3n) is 5.68. The highest BCUT2D eigenvalue weighted by atomic mass is 35.5. The summed E-state index contributed by atoms with van der Waals surface area (Å²) in [6, 6.07) is 0.541. The SMILES string of the molecule is CCNC(Cc1c(C)nn(C)c1Cl)CC1CC2CCC1C2. The Morgan fingerprint density at radius 1 is 1.38 bits per heavy atom. The molecule has 2 fully saturated rings. The lowest BCUT2D eigenvalue weighted by Gasteiger charge is -2.27. The molecule has 1 aromatic heterocycles. The minimum Gasteiger partial charge on any atom is -0.314 e. The van der Waals surface area contributed by atoms with Crippen molar-refractivity contribution in [1.29, 1.82) is 0 Å². The number of nitrogens with one attached hydrogen (secondary N) is 1. The van der Waals surface area contributed by atoms with Gasteiger partial charge in [-0.15, -0.1) is 0 Å².